The normalized spacial score (nSPS) is 14.2. The van der Waals surface area contributed by atoms with Crippen molar-refractivity contribution in [3.05, 3.63) is 35.2 Å². The van der Waals surface area contributed by atoms with Gasteiger partial charge in [0.1, 0.15) is 0 Å². The minimum atomic E-state index is -0.346. The molecule has 0 unspecified atom stereocenters. The maximum Gasteiger partial charge on any atom is 0.322 e. The van der Waals surface area contributed by atoms with Gasteiger partial charge in [-0.15, -0.1) is 0 Å². The van der Waals surface area contributed by atoms with E-state index in [0.717, 1.165) is 18.2 Å². The van der Waals surface area contributed by atoms with Gasteiger partial charge >= 0.3 is 6.92 Å². The van der Waals surface area contributed by atoms with Crippen molar-refractivity contribution in [2.45, 2.75) is 12.7 Å². The summed E-state index contributed by atoms with van der Waals surface area (Å²) in [5, 5.41) is 9.50. The van der Waals surface area contributed by atoms with Crippen LogP contribution in [0, 0.1) is 6.57 Å². The number of fused-ring (bicyclic) bond motifs is 1. The van der Waals surface area contributed by atoms with E-state index in [1.165, 1.54) is 5.56 Å². The largest absolute Gasteiger partial charge is 0.446 e. The van der Waals surface area contributed by atoms with E-state index in [4.69, 9.17) is 6.57 Å². The summed E-state index contributed by atoms with van der Waals surface area (Å²) in [7, 11) is 0. The van der Waals surface area contributed by atoms with Crippen LogP contribution in [-0.4, -0.2) is 11.9 Å². The number of aryl methyl sites for hydroxylation is 1. The smallest absolute Gasteiger partial charge is 0.322 e. The van der Waals surface area contributed by atoms with Crippen LogP contribution in [0.15, 0.2) is 18.2 Å². The van der Waals surface area contributed by atoms with Crippen molar-refractivity contribution in [3.8, 4) is 0 Å². The van der Waals surface area contributed by atoms with E-state index in [1.807, 2.05) is 12.1 Å². The van der Waals surface area contributed by atoms with Gasteiger partial charge in [0.05, 0.1) is 6.57 Å². The number of hydrogen-bond acceptors (Lipinski definition) is 1. The first-order valence-electron chi connectivity index (χ1n) is 3.99. The van der Waals surface area contributed by atoms with Gasteiger partial charge in [0, 0.05) is 0 Å². The molecule has 0 bridgehead atoms. The molecule has 1 heterocycles. The zero-order chi connectivity index (χ0) is 8.55. The Morgan fingerprint density at radius 3 is 3.08 bits per heavy atom. The fourth-order valence-corrected chi connectivity index (χ4v) is 1.64. The number of benzene rings is 1. The van der Waals surface area contributed by atoms with Gasteiger partial charge < -0.3 is 5.02 Å². The van der Waals surface area contributed by atoms with E-state index in [-0.39, 0.29) is 6.92 Å². The molecule has 0 spiro atoms. The molecule has 1 aromatic carbocycles. The van der Waals surface area contributed by atoms with Crippen molar-refractivity contribution < 1.29 is 5.02 Å². The van der Waals surface area contributed by atoms with E-state index in [1.54, 1.807) is 6.07 Å². The summed E-state index contributed by atoms with van der Waals surface area (Å²) in [5.41, 5.74) is 2.76. The second-order valence-corrected chi connectivity index (χ2v) is 3.05. The van der Waals surface area contributed by atoms with Gasteiger partial charge in [-0.2, -0.15) is 0 Å². The highest BCUT2D eigenvalue weighted by Crippen LogP contribution is 2.18. The standard InChI is InChI=1S/C9H8BNO/c1-11-8-3-2-7-4-5-10(12)9(7)6-8/h2-3,6,12H,4-5H2. The van der Waals surface area contributed by atoms with Gasteiger partial charge in [-0.1, -0.05) is 29.2 Å². The van der Waals surface area contributed by atoms with Crippen LogP contribution in [0.3, 0.4) is 0 Å². The lowest BCUT2D eigenvalue weighted by molar-refractivity contribution is 0.587. The van der Waals surface area contributed by atoms with Gasteiger partial charge in [0.15, 0.2) is 5.69 Å². The van der Waals surface area contributed by atoms with Crippen LogP contribution < -0.4 is 5.46 Å². The summed E-state index contributed by atoms with van der Waals surface area (Å²) in [4.78, 5) is 3.32. The molecule has 0 saturated carbocycles. The van der Waals surface area contributed by atoms with Crippen molar-refractivity contribution in [1.29, 1.82) is 0 Å². The molecule has 58 valence electrons. The monoisotopic (exact) mass is 157 g/mol. The molecule has 1 aromatic rings. The summed E-state index contributed by atoms with van der Waals surface area (Å²) in [6, 6.07) is 5.54. The van der Waals surface area contributed by atoms with Crippen molar-refractivity contribution in [1.82, 2.24) is 0 Å². The zero-order valence-corrected chi connectivity index (χ0v) is 6.62. The molecule has 0 saturated heterocycles. The molecule has 2 nitrogen and oxygen atoms in total. The molecule has 0 aliphatic carbocycles. The molecule has 0 amide bonds. The zero-order valence-electron chi connectivity index (χ0n) is 6.62. The molecule has 12 heavy (non-hydrogen) atoms. The highest BCUT2D eigenvalue weighted by molar-refractivity contribution is 6.68. The first-order valence-corrected chi connectivity index (χ1v) is 3.99. The molecule has 1 aliphatic heterocycles. The first-order chi connectivity index (χ1) is 5.81. The van der Waals surface area contributed by atoms with E-state index < -0.39 is 0 Å². The van der Waals surface area contributed by atoms with E-state index in [2.05, 4.69) is 4.85 Å². The number of nitrogens with zero attached hydrogens (tertiary/aromatic N) is 1. The van der Waals surface area contributed by atoms with Gasteiger partial charge in [0.2, 0.25) is 0 Å². The minimum absolute atomic E-state index is 0.346. The topological polar surface area (TPSA) is 24.6 Å². The van der Waals surface area contributed by atoms with Crippen LogP contribution in [-0.2, 0) is 6.42 Å². The van der Waals surface area contributed by atoms with Gasteiger partial charge in [0.25, 0.3) is 0 Å². The summed E-state index contributed by atoms with van der Waals surface area (Å²) in [5.74, 6) is 0. The summed E-state index contributed by atoms with van der Waals surface area (Å²) >= 11 is 0. The van der Waals surface area contributed by atoms with Gasteiger partial charge in [-0.3, -0.25) is 0 Å². The lowest BCUT2D eigenvalue weighted by atomic mass is 9.63. The average Bonchev–Trinajstić information content (AvgIpc) is 2.47. The molecule has 3 heteroatoms. The van der Waals surface area contributed by atoms with Gasteiger partial charge in [-0.05, 0) is 12.7 Å². The van der Waals surface area contributed by atoms with Crippen LogP contribution in [0.1, 0.15) is 5.56 Å². The predicted molar refractivity (Wildman–Crippen MR) is 48.8 cm³/mol. The number of rotatable bonds is 0. The third kappa shape index (κ3) is 1.01. The van der Waals surface area contributed by atoms with Crippen molar-refractivity contribution in [3.63, 3.8) is 0 Å². The minimum Gasteiger partial charge on any atom is -0.446 e. The maximum absolute atomic E-state index is 9.50. The predicted octanol–water partition coefficient (Wildman–Crippen LogP) is 0.984. The molecule has 0 aromatic heterocycles. The molecule has 1 N–H and O–H groups in total. The quantitative estimate of drug-likeness (QED) is 0.440. The van der Waals surface area contributed by atoms with E-state index >= 15 is 0 Å². The van der Waals surface area contributed by atoms with Gasteiger partial charge in [-0.25, -0.2) is 4.85 Å². The Labute approximate surface area is 71.8 Å². The summed E-state index contributed by atoms with van der Waals surface area (Å²) in [6.07, 6.45) is 1.74. The molecule has 0 fully saturated rings. The SMILES string of the molecule is [C-]#[N+]c1ccc2c(c1)B(O)CC2. The van der Waals surface area contributed by atoms with Crippen LogP contribution in [0.5, 0.6) is 0 Å². The van der Waals surface area contributed by atoms with Crippen molar-refractivity contribution in [2.24, 2.45) is 0 Å². The summed E-state index contributed by atoms with van der Waals surface area (Å²) < 4.78 is 0. The molecule has 1 aliphatic rings. The van der Waals surface area contributed by atoms with Crippen LogP contribution in [0.2, 0.25) is 6.32 Å². The van der Waals surface area contributed by atoms with Crippen LogP contribution in [0.25, 0.3) is 4.85 Å². The lowest BCUT2D eigenvalue weighted by Gasteiger charge is -2.00. The highest BCUT2D eigenvalue weighted by atomic mass is 16.2. The second kappa shape index (κ2) is 2.65. The lowest BCUT2D eigenvalue weighted by Crippen LogP contribution is -2.25. The van der Waals surface area contributed by atoms with E-state index in [9.17, 15) is 5.02 Å². The average molecular weight is 157 g/mol. The Morgan fingerprint density at radius 2 is 2.33 bits per heavy atom. The van der Waals surface area contributed by atoms with E-state index in [0.29, 0.717) is 5.69 Å². The molecular formula is C9H8BNO. The molecular weight excluding hydrogens is 149 g/mol. The molecule has 0 radical (unpaired) electrons. The fourth-order valence-electron chi connectivity index (χ4n) is 1.64. The number of hydrogen-bond donors (Lipinski definition) is 1. The van der Waals surface area contributed by atoms with Crippen molar-refractivity contribution >= 4 is 18.1 Å². The van der Waals surface area contributed by atoms with Crippen LogP contribution >= 0.6 is 0 Å². The Balaban J connectivity index is 2.52. The third-order valence-electron chi connectivity index (χ3n) is 2.30. The maximum atomic E-state index is 9.50. The first kappa shape index (κ1) is 7.39. The Kier molecular flexibility index (Phi) is 1.63. The molecule has 2 rings (SSSR count). The Morgan fingerprint density at radius 1 is 1.50 bits per heavy atom. The van der Waals surface area contributed by atoms with Crippen molar-refractivity contribution in [2.75, 3.05) is 0 Å². The van der Waals surface area contributed by atoms with Crippen LogP contribution in [0.4, 0.5) is 5.69 Å². The second-order valence-electron chi connectivity index (χ2n) is 3.05. The highest BCUT2D eigenvalue weighted by Gasteiger charge is 2.24. The third-order valence-corrected chi connectivity index (χ3v) is 2.30. The summed E-state index contributed by atoms with van der Waals surface area (Å²) in [6.45, 7) is 6.47. The Bertz CT molecular complexity index is 356. The fraction of sp³-hybridized carbons (Fsp3) is 0.222. The molecule has 0 atom stereocenters. The Hall–Kier alpha value is -1.27.